The van der Waals surface area contributed by atoms with Crippen molar-refractivity contribution in [2.75, 3.05) is 18.8 Å². The Bertz CT molecular complexity index is 1260. The number of benzene rings is 1. The lowest BCUT2D eigenvalue weighted by molar-refractivity contribution is -0.0221. The number of pyridine rings is 1. The number of aromatic nitrogens is 3. The largest absolute Gasteiger partial charge is 0.487 e. The summed E-state index contributed by atoms with van der Waals surface area (Å²) in [6.45, 7) is 6.41. The van der Waals surface area contributed by atoms with Crippen molar-refractivity contribution in [2.24, 2.45) is 0 Å². The third-order valence-corrected chi connectivity index (χ3v) is 6.39. The van der Waals surface area contributed by atoms with Crippen molar-refractivity contribution in [3.63, 3.8) is 0 Å². The quantitative estimate of drug-likeness (QED) is 0.648. The van der Waals surface area contributed by atoms with Gasteiger partial charge >= 0.3 is 6.09 Å². The number of hydrogen-bond donors (Lipinski definition) is 1. The first-order chi connectivity index (χ1) is 15.2. The van der Waals surface area contributed by atoms with Crippen molar-refractivity contribution in [3.8, 4) is 17.3 Å². The molecule has 1 aromatic carbocycles. The molecular weight excluding hydrogens is 428 g/mol. The van der Waals surface area contributed by atoms with Gasteiger partial charge in [0.05, 0.1) is 24.0 Å². The minimum Gasteiger partial charge on any atom is -0.487 e. The first kappa shape index (κ1) is 20.8. The highest BCUT2D eigenvalue weighted by Gasteiger charge is 2.35. The van der Waals surface area contributed by atoms with Gasteiger partial charge in [-0.15, -0.1) is 11.8 Å². The van der Waals surface area contributed by atoms with E-state index in [2.05, 4.69) is 15.0 Å². The number of aryl methyl sites for hydroxylation is 1. The van der Waals surface area contributed by atoms with E-state index < -0.39 is 5.60 Å². The summed E-state index contributed by atoms with van der Waals surface area (Å²) in [6, 6.07) is 7.26. The van der Waals surface area contributed by atoms with Gasteiger partial charge in [-0.05, 0) is 57.0 Å². The van der Waals surface area contributed by atoms with Gasteiger partial charge in [-0.25, -0.2) is 9.78 Å². The molecule has 1 fully saturated rings. The molecule has 4 heterocycles. The normalized spacial score (nSPS) is 16.0. The summed E-state index contributed by atoms with van der Waals surface area (Å²) in [5.74, 6) is 2.09. The van der Waals surface area contributed by atoms with E-state index in [-0.39, 0.29) is 17.8 Å². The van der Waals surface area contributed by atoms with Crippen molar-refractivity contribution >= 4 is 28.8 Å². The van der Waals surface area contributed by atoms with Gasteiger partial charge in [0.1, 0.15) is 23.1 Å². The number of hydrogen-bond acceptors (Lipinski definition) is 7. The average Bonchev–Trinajstić information content (AvgIpc) is 3.17. The van der Waals surface area contributed by atoms with Crippen LogP contribution in [0.25, 0.3) is 22.4 Å². The van der Waals surface area contributed by atoms with E-state index >= 15 is 0 Å². The summed E-state index contributed by atoms with van der Waals surface area (Å²) in [7, 11) is 0. The van der Waals surface area contributed by atoms with Crippen molar-refractivity contribution in [2.45, 2.75) is 43.8 Å². The maximum atomic E-state index is 12.7. The van der Waals surface area contributed by atoms with Gasteiger partial charge in [-0.3, -0.25) is 9.78 Å². The second-order valence-corrected chi connectivity index (χ2v) is 10.1. The Labute approximate surface area is 189 Å². The molecule has 0 spiro atoms. The summed E-state index contributed by atoms with van der Waals surface area (Å²) in [5.41, 5.74) is 1.73. The van der Waals surface area contributed by atoms with E-state index in [1.54, 1.807) is 34.9 Å². The predicted molar refractivity (Wildman–Crippen MR) is 122 cm³/mol. The number of carbonyl (C=O) groups excluding carboxylic acids is 1. The number of fused-ring (bicyclic) bond motifs is 2. The van der Waals surface area contributed by atoms with Gasteiger partial charge in [-0.1, -0.05) is 0 Å². The van der Waals surface area contributed by atoms with E-state index in [4.69, 9.17) is 9.47 Å². The molecule has 0 radical (unpaired) electrons. The van der Waals surface area contributed by atoms with Crippen LogP contribution in [0.5, 0.6) is 5.75 Å². The van der Waals surface area contributed by atoms with Crippen molar-refractivity contribution < 1.29 is 14.3 Å². The molecule has 3 aromatic rings. The van der Waals surface area contributed by atoms with Crippen LogP contribution < -0.4 is 10.3 Å². The summed E-state index contributed by atoms with van der Waals surface area (Å²) in [6.07, 6.45) is 2.37. The first-order valence-corrected chi connectivity index (χ1v) is 11.5. The van der Waals surface area contributed by atoms with Gasteiger partial charge in [0.15, 0.2) is 5.82 Å². The van der Waals surface area contributed by atoms with Crippen LogP contribution in [0, 0.1) is 0 Å². The van der Waals surface area contributed by atoms with Crippen LogP contribution in [-0.2, 0) is 11.2 Å². The van der Waals surface area contributed by atoms with Gasteiger partial charge in [0, 0.05) is 16.8 Å². The van der Waals surface area contributed by atoms with Crippen LogP contribution in [0.4, 0.5) is 4.79 Å². The molecule has 0 aliphatic carbocycles. The fourth-order valence-electron chi connectivity index (χ4n) is 3.70. The highest BCUT2D eigenvalue weighted by Crippen LogP contribution is 2.32. The number of likely N-dealkylation sites (tertiary alicyclic amines) is 1. The predicted octanol–water partition coefficient (Wildman–Crippen LogP) is 3.63. The molecule has 166 valence electrons. The highest BCUT2D eigenvalue weighted by molar-refractivity contribution is 7.99. The molecule has 1 saturated heterocycles. The van der Waals surface area contributed by atoms with E-state index in [1.165, 1.54) is 10.5 Å². The Kier molecular flexibility index (Phi) is 5.08. The lowest BCUT2D eigenvalue weighted by Crippen LogP contribution is -2.57. The lowest BCUT2D eigenvalue weighted by Gasteiger charge is -2.39. The number of thioether (sulfide) groups is 1. The zero-order chi connectivity index (χ0) is 22.5. The fourth-order valence-corrected chi connectivity index (χ4v) is 4.72. The van der Waals surface area contributed by atoms with E-state index in [1.807, 2.05) is 33.0 Å². The van der Waals surface area contributed by atoms with Gasteiger partial charge < -0.3 is 19.4 Å². The number of aromatic amines is 1. The average molecular weight is 453 g/mol. The van der Waals surface area contributed by atoms with E-state index in [9.17, 15) is 9.59 Å². The fraction of sp³-hybridized carbons (Fsp3) is 0.391. The minimum atomic E-state index is -0.525. The third-order valence-electron chi connectivity index (χ3n) is 5.30. The van der Waals surface area contributed by atoms with Crippen LogP contribution in [0.2, 0.25) is 0 Å². The zero-order valence-electron chi connectivity index (χ0n) is 18.2. The second kappa shape index (κ2) is 7.81. The molecule has 5 rings (SSSR count). The number of rotatable bonds is 3. The molecule has 0 atom stereocenters. The lowest BCUT2D eigenvalue weighted by atomic mass is 10.1. The summed E-state index contributed by atoms with van der Waals surface area (Å²) < 4.78 is 11.3. The molecule has 32 heavy (non-hydrogen) atoms. The smallest absolute Gasteiger partial charge is 0.410 e. The monoisotopic (exact) mass is 452 g/mol. The molecule has 9 heteroatoms. The summed E-state index contributed by atoms with van der Waals surface area (Å²) >= 11 is 1.80. The first-order valence-electron chi connectivity index (χ1n) is 10.6. The number of ether oxygens (including phenoxy) is 2. The molecule has 2 aliphatic heterocycles. The van der Waals surface area contributed by atoms with Crippen LogP contribution >= 0.6 is 11.8 Å². The molecule has 1 N–H and O–H groups in total. The standard InChI is InChI=1S/C23H24N4O4S/c1-23(2,3)31-22(29)27-11-15(12-27)30-14-4-5-17-16(9-14)21(28)26-20(25-17)18-8-13-6-7-32-19(13)10-24-18/h4-5,8-10,15H,6-7,11-12H2,1-3H3,(H,25,26,28). The van der Waals surface area contributed by atoms with Crippen LogP contribution in [0.1, 0.15) is 26.3 Å². The molecule has 1 amide bonds. The number of amides is 1. The number of H-pyrrole nitrogens is 1. The highest BCUT2D eigenvalue weighted by atomic mass is 32.2. The Morgan fingerprint density at radius 1 is 1.25 bits per heavy atom. The van der Waals surface area contributed by atoms with E-state index in [0.717, 1.165) is 12.2 Å². The SMILES string of the molecule is CC(C)(C)OC(=O)N1CC(Oc2ccc3nc(-c4cc5c(cn4)SCC5)[nH]c(=O)c3c2)C1. The summed E-state index contributed by atoms with van der Waals surface area (Å²) in [5, 5.41) is 0.450. The Morgan fingerprint density at radius 2 is 2.06 bits per heavy atom. The van der Waals surface area contributed by atoms with Gasteiger partial charge in [0.2, 0.25) is 0 Å². The van der Waals surface area contributed by atoms with Crippen molar-refractivity contribution in [1.82, 2.24) is 19.9 Å². The van der Waals surface area contributed by atoms with Crippen LogP contribution in [0.3, 0.4) is 0 Å². The Hall–Kier alpha value is -3.07. The van der Waals surface area contributed by atoms with Crippen molar-refractivity contribution in [3.05, 3.63) is 46.4 Å². The molecule has 0 saturated carbocycles. The van der Waals surface area contributed by atoms with Crippen LogP contribution in [0.15, 0.2) is 40.2 Å². The third kappa shape index (κ3) is 4.17. The maximum absolute atomic E-state index is 12.7. The Morgan fingerprint density at radius 3 is 2.84 bits per heavy atom. The molecule has 2 aliphatic rings. The molecule has 0 bridgehead atoms. The second-order valence-electron chi connectivity index (χ2n) is 8.99. The Balaban J connectivity index is 1.30. The molecule has 2 aromatic heterocycles. The van der Waals surface area contributed by atoms with Gasteiger partial charge in [-0.2, -0.15) is 0 Å². The maximum Gasteiger partial charge on any atom is 0.410 e. The summed E-state index contributed by atoms with van der Waals surface area (Å²) in [4.78, 5) is 39.5. The topological polar surface area (TPSA) is 97.4 Å². The number of carbonyl (C=O) groups is 1. The number of nitrogens with zero attached hydrogens (tertiary/aromatic N) is 3. The van der Waals surface area contributed by atoms with Crippen molar-refractivity contribution in [1.29, 1.82) is 0 Å². The minimum absolute atomic E-state index is 0.139. The number of nitrogens with one attached hydrogen (secondary N) is 1. The molecular formula is C23H24N4O4S. The molecule has 8 nitrogen and oxygen atoms in total. The zero-order valence-corrected chi connectivity index (χ0v) is 19.0. The van der Waals surface area contributed by atoms with Crippen LogP contribution in [-0.4, -0.2) is 56.5 Å². The van der Waals surface area contributed by atoms with E-state index in [0.29, 0.717) is 41.3 Å². The van der Waals surface area contributed by atoms with Gasteiger partial charge in [0.25, 0.3) is 5.56 Å². The molecule has 0 unspecified atom stereocenters.